The zero-order valence-corrected chi connectivity index (χ0v) is 13.8. The summed E-state index contributed by atoms with van der Waals surface area (Å²) in [6.45, 7) is 8.57. The maximum atomic E-state index is 9.42. The van der Waals surface area contributed by atoms with E-state index in [2.05, 4.69) is 49.1 Å². The number of nitriles is 1. The van der Waals surface area contributed by atoms with Crippen molar-refractivity contribution in [3.8, 4) is 6.07 Å². The number of rotatable bonds is 8. The van der Waals surface area contributed by atoms with Gasteiger partial charge in [0, 0.05) is 6.04 Å². The smallest absolute Gasteiger partial charge is 0.106 e. The molecule has 4 heteroatoms. The fourth-order valence-electron chi connectivity index (χ4n) is 3.15. The molecule has 0 saturated carbocycles. The van der Waals surface area contributed by atoms with E-state index in [0.29, 0.717) is 0 Å². The van der Waals surface area contributed by atoms with Crippen LogP contribution in [0.4, 0.5) is 0 Å². The van der Waals surface area contributed by atoms with E-state index in [1.807, 2.05) is 0 Å². The van der Waals surface area contributed by atoms with Crippen LogP contribution in [0.25, 0.3) is 0 Å². The predicted molar refractivity (Wildman–Crippen MR) is 84.7 cm³/mol. The second kappa shape index (κ2) is 8.61. The number of nitrogens with zero attached hydrogens (tertiary/aromatic N) is 3. The standard InChI is InChI=1S/C16H32N4/c1-5-16(14-17,18-6-2)10-7-11-20(4)15-8-12-19(3)13-9-15/h15,18H,5-13H2,1-4H3. The van der Waals surface area contributed by atoms with Gasteiger partial charge in [-0.3, -0.25) is 5.32 Å². The molecule has 1 fully saturated rings. The summed E-state index contributed by atoms with van der Waals surface area (Å²) < 4.78 is 0. The van der Waals surface area contributed by atoms with E-state index in [4.69, 9.17) is 0 Å². The maximum absolute atomic E-state index is 9.42. The summed E-state index contributed by atoms with van der Waals surface area (Å²) in [5, 5.41) is 12.8. The first kappa shape index (κ1) is 17.4. The molecule has 4 nitrogen and oxygen atoms in total. The predicted octanol–water partition coefficient (Wildman–Crippen LogP) is 2.07. The van der Waals surface area contributed by atoms with Crippen LogP contribution in [0, 0.1) is 11.3 Å². The largest absolute Gasteiger partial charge is 0.306 e. The second-order valence-electron chi connectivity index (χ2n) is 6.20. The first-order chi connectivity index (χ1) is 9.56. The molecular formula is C16H32N4. The van der Waals surface area contributed by atoms with Crippen LogP contribution in [-0.2, 0) is 0 Å². The lowest BCUT2D eigenvalue weighted by Gasteiger charge is -2.35. The van der Waals surface area contributed by atoms with Crippen molar-refractivity contribution in [2.45, 2.75) is 57.5 Å². The third-order valence-corrected chi connectivity index (χ3v) is 4.76. The Morgan fingerprint density at radius 3 is 2.50 bits per heavy atom. The molecule has 0 aliphatic carbocycles. The zero-order valence-electron chi connectivity index (χ0n) is 13.8. The van der Waals surface area contributed by atoms with Crippen molar-refractivity contribution in [2.24, 2.45) is 0 Å². The average Bonchev–Trinajstić information content (AvgIpc) is 2.47. The normalized spacial score (nSPS) is 20.8. The Morgan fingerprint density at radius 1 is 1.35 bits per heavy atom. The molecule has 1 atom stereocenters. The molecule has 1 rings (SSSR count). The van der Waals surface area contributed by atoms with E-state index >= 15 is 0 Å². The van der Waals surface area contributed by atoms with Crippen LogP contribution in [0.15, 0.2) is 0 Å². The first-order valence-corrected chi connectivity index (χ1v) is 8.12. The molecule has 0 radical (unpaired) electrons. The average molecular weight is 280 g/mol. The molecule has 0 bridgehead atoms. The first-order valence-electron chi connectivity index (χ1n) is 8.12. The van der Waals surface area contributed by atoms with Crippen molar-refractivity contribution < 1.29 is 0 Å². The van der Waals surface area contributed by atoms with Gasteiger partial charge in [-0.1, -0.05) is 13.8 Å². The Bertz CT molecular complexity index is 304. The van der Waals surface area contributed by atoms with Crippen molar-refractivity contribution in [1.82, 2.24) is 15.1 Å². The minimum Gasteiger partial charge on any atom is -0.306 e. The molecular weight excluding hydrogens is 248 g/mol. The van der Waals surface area contributed by atoms with E-state index in [1.165, 1.54) is 25.9 Å². The molecule has 20 heavy (non-hydrogen) atoms. The number of hydrogen-bond acceptors (Lipinski definition) is 4. The molecule has 0 aromatic carbocycles. The van der Waals surface area contributed by atoms with Gasteiger partial charge in [-0.15, -0.1) is 0 Å². The zero-order chi connectivity index (χ0) is 15.0. The number of hydrogen-bond donors (Lipinski definition) is 1. The molecule has 1 unspecified atom stereocenters. The summed E-state index contributed by atoms with van der Waals surface area (Å²) in [5.41, 5.74) is -0.317. The minimum absolute atomic E-state index is 0.317. The molecule has 1 heterocycles. The highest BCUT2D eigenvalue weighted by molar-refractivity contribution is 5.06. The van der Waals surface area contributed by atoms with Crippen LogP contribution >= 0.6 is 0 Å². The maximum Gasteiger partial charge on any atom is 0.106 e. The van der Waals surface area contributed by atoms with Crippen LogP contribution in [0.1, 0.15) is 46.0 Å². The molecule has 0 spiro atoms. The lowest BCUT2D eigenvalue weighted by molar-refractivity contribution is 0.140. The summed E-state index contributed by atoms with van der Waals surface area (Å²) in [7, 11) is 4.44. The van der Waals surface area contributed by atoms with Crippen molar-refractivity contribution in [3.05, 3.63) is 0 Å². The lowest BCUT2D eigenvalue weighted by atomic mass is 9.91. The van der Waals surface area contributed by atoms with Crippen molar-refractivity contribution in [2.75, 3.05) is 40.3 Å². The topological polar surface area (TPSA) is 42.3 Å². The monoisotopic (exact) mass is 280 g/mol. The van der Waals surface area contributed by atoms with Gasteiger partial charge in [0.2, 0.25) is 0 Å². The summed E-state index contributed by atoms with van der Waals surface area (Å²) in [6.07, 6.45) is 5.48. The van der Waals surface area contributed by atoms with Crippen molar-refractivity contribution in [1.29, 1.82) is 5.26 Å². The summed E-state index contributed by atoms with van der Waals surface area (Å²) in [5.74, 6) is 0. The highest BCUT2D eigenvalue weighted by Crippen LogP contribution is 2.19. The Hall–Kier alpha value is -0.630. The summed E-state index contributed by atoms with van der Waals surface area (Å²) in [4.78, 5) is 4.91. The van der Waals surface area contributed by atoms with Gasteiger partial charge in [-0.05, 0) is 72.4 Å². The summed E-state index contributed by atoms with van der Waals surface area (Å²) in [6, 6.07) is 3.21. The third-order valence-electron chi connectivity index (χ3n) is 4.76. The number of nitrogens with one attached hydrogen (secondary N) is 1. The molecule has 116 valence electrons. The van der Waals surface area contributed by atoms with E-state index in [9.17, 15) is 5.26 Å². The molecule has 0 amide bonds. The minimum atomic E-state index is -0.317. The van der Waals surface area contributed by atoms with Gasteiger partial charge < -0.3 is 9.80 Å². The van der Waals surface area contributed by atoms with E-state index in [1.54, 1.807) is 0 Å². The van der Waals surface area contributed by atoms with E-state index in [0.717, 1.165) is 38.4 Å². The van der Waals surface area contributed by atoms with E-state index in [-0.39, 0.29) is 5.54 Å². The van der Waals surface area contributed by atoms with Gasteiger partial charge in [0.25, 0.3) is 0 Å². The Labute approximate surface area is 125 Å². The van der Waals surface area contributed by atoms with Gasteiger partial charge in [-0.2, -0.15) is 5.26 Å². The van der Waals surface area contributed by atoms with Gasteiger partial charge in [0.05, 0.1) is 6.07 Å². The van der Waals surface area contributed by atoms with Gasteiger partial charge in [-0.25, -0.2) is 0 Å². The Balaban J connectivity index is 2.33. The molecule has 1 aliphatic rings. The Morgan fingerprint density at radius 2 is 2.00 bits per heavy atom. The molecule has 1 saturated heterocycles. The van der Waals surface area contributed by atoms with Crippen LogP contribution in [0.3, 0.4) is 0 Å². The highest BCUT2D eigenvalue weighted by atomic mass is 15.2. The molecule has 1 aliphatic heterocycles. The van der Waals surface area contributed by atoms with Crippen molar-refractivity contribution in [3.63, 3.8) is 0 Å². The number of likely N-dealkylation sites (tertiary alicyclic amines) is 1. The van der Waals surface area contributed by atoms with E-state index < -0.39 is 0 Å². The van der Waals surface area contributed by atoms with Gasteiger partial charge in [0.15, 0.2) is 0 Å². The van der Waals surface area contributed by atoms with Gasteiger partial charge in [0.1, 0.15) is 5.54 Å². The fraction of sp³-hybridized carbons (Fsp3) is 0.938. The number of piperidine rings is 1. The highest BCUT2D eigenvalue weighted by Gasteiger charge is 2.27. The van der Waals surface area contributed by atoms with Crippen molar-refractivity contribution >= 4 is 0 Å². The molecule has 1 N–H and O–H groups in total. The Kier molecular flexibility index (Phi) is 7.50. The second-order valence-corrected chi connectivity index (χ2v) is 6.20. The molecule has 0 aromatic heterocycles. The fourth-order valence-corrected chi connectivity index (χ4v) is 3.15. The summed E-state index contributed by atoms with van der Waals surface area (Å²) >= 11 is 0. The third kappa shape index (κ3) is 5.05. The lowest BCUT2D eigenvalue weighted by Crippen LogP contribution is -2.45. The van der Waals surface area contributed by atoms with Crippen LogP contribution < -0.4 is 5.32 Å². The quantitative estimate of drug-likeness (QED) is 0.739. The van der Waals surface area contributed by atoms with Gasteiger partial charge >= 0.3 is 0 Å². The van der Waals surface area contributed by atoms with Crippen LogP contribution in [0.2, 0.25) is 0 Å². The van der Waals surface area contributed by atoms with Crippen LogP contribution in [-0.4, -0.2) is 61.7 Å². The molecule has 0 aromatic rings. The SMILES string of the molecule is CCNC(C#N)(CC)CCCN(C)C1CCN(C)CC1. The van der Waals surface area contributed by atoms with Crippen LogP contribution in [0.5, 0.6) is 0 Å².